The molecule has 0 aliphatic rings. The van der Waals surface area contributed by atoms with Crippen molar-refractivity contribution in [3.8, 4) is 5.69 Å². The van der Waals surface area contributed by atoms with E-state index in [1.54, 1.807) is 41.9 Å². The molecule has 0 fully saturated rings. The molecule has 2 N–H and O–H groups in total. The van der Waals surface area contributed by atoms with Crippen molar-refractivity contribution in [2.24, 2.45) is 0 Å². The third-order valence-electron chi connectivity index (χ3n) is 2.48. The molecule has 2 aromatic rings. The van der Waals surface area contributed by atoms with E-state index in [0.717, 1.165) is 11.4 Å². The highest BCUT2D eigenvalue weighted by atomic mass is 16.5. The zero-order valence-corrected chi connectivity index (χ0v) is 10.4. The van der Waals surface area contributed by atoms with Gasteiger partial charge in [-0.15, -0.1) is 0 Å². The first-order chi connectivity index (χ1) is 8.61. The van der Waals surface area contributed by atoms with Crippen LogP contribution in [0.1, 0.15) is 23.0 Å². The van der Waals surface area contributed by atoms with Crippen LogP contribution >= 0.6 is 0 Å². The molecular formula is C13H15N3O2. The van der Waals surface area contributed by atoms with Crippen molar-refractivity contribution in [2.45, 2.75) is 13.8 Å². The molecule has 0 unspecified atom stereocenters. The van der Waals surface area contributed by atoms with Crippen LogP contribution in [0, 0.1) is 6.92 Å². The van der Waals surface area contributed by atoms with Gasteiger partial charge in [-0.3, -0.25) is 0 Å². The summed E-state index contributed by atoms with van der Waals surface area (Å²) < 4.78 is 6.54. The predicted molar refractivity (Wildman–Crippen MR) is 68.7 cm³/mol. The van der Waals surface area contributed by atoms with Crippen LogP contribution in [0.2, 0.25) is 0 Å². The number of aryl methyl sites for hydroxylation is 1. The Labute approximate surface area is 105 Å². The smallest absolute Gasteiger partial charge is 0.338 e. The summed E-state index contributed by atoms with van der Waals surface area (Å²) in [6.45, 7) is 4.02. The van der Waals surface area contributed by atoms with Crippen LogP contribution in [0.15, 0.2) is 30.3 Å². The van der Waals surface area contributed by atoms with Gasteiger partial charge in [0.05, 0.1) is 23.6 Å². The first kappa shape index (κ1) is 12.2. The second kappa shape index (κ2) is 4.91. The molecule has 1 aromatic heterocycles. The Kier molecular flexibility index (Phi) is 3.32. The number of nitrogens with zero attached hydrogens (tertiary/aromatic N) is 2. The fourth-order valence-electron chi connectivity index (χ4n) is 1.68. The molecule has 5 nitrogen and oxygen atoms in total. The van der Waals surface area contributed by atoms with E-state index in [4.69, 9.17) is 10.5 Å². The number of nitrogen functional groups attached to an aromatic ring is 1. The maximum absolute atomic E-state index is 11.5. The molecule has 1 aromatic carbocycles. The topological polar surface area (TPSA) is 70.1 Å². The van der Waals surface area contributed by atoms with Gasteiger partial charge in [0.15, 0.2) is 0 Å². The fourth-order valence-corrected chi connectivity index (χ4v) is 1.68. The molecule has 18 heavy (non-hydrogen) atoms. The fraction of sp³-hybridized carbons (Fsp3) is 0.231. The van der Waals surface area contributed by atoms with E-state index < -0.39 is 0 Å². The second-order valence-corrected chi connectivity index (χ2v) is 3.89. The van der Waals surface area contributed by atoms with Gasteiger partial charge < -0.3 is 10.5 Å². The molecule has 0 saturated heterocycles. The minimum Gasteiger partial charge on any atom is -0.462 e. The molecule has 94 valence electrons. The number of nitrogens with two attached hydrogens (primary N) is 1. The van der Waals surface area contributed by atoms with Crippen LogP contribution in [-0.4, -0.2) is 22.4 Å². The summed E-state index contributed by atoms with van der Waals surface area (Å²) >= 11 is 0. The van der Waals surface area contributed by atoms with E-state index in [9.17, 15) is 4.79 Å². The molecule has 2 rings (SSSR count). The molecule has 0 amide bonds. The van der Waals surface area contributed by atoms with Gasteiger partial charge in [-0.1, -0.05) is 0 Å². The Balaban J connectivity index is 2.27. The van der Waals surface area contributed by atoms with Crippen molar-refractivity contribution in [3.05, 3.63) is 41.6 Å². The van der Waals surface area contributed by atoms with Crippen LogP contribution in [0.3, 0.4) is 0 Å². The first-order valence-corrected chi connectivity index (χ1v) is 5.71. The van der Waals surface area contributed by atoms with Crippen LogP contribution in [-0.2, 0) is 4.74 Å². The Bertz CT molecular complexity index is 558. The molecule has 5 heteroatoms. The number of carbonyl (C=O) groups is 1. The van der Waals surface area contributed by atoms with Gasteiger partial charge in [0, 0.05) is 6.07 Å². The molecule has 0 aliphatic heterocycles. The lowest BCUT2D eigenvalue weighted by Crippen LogP contribution is -2.06. The molecule has 0 atom stereocenters. The monoisotopic (exact) mass is 245 g/mol. The highest BCUT2D eigenvalue weighted by Gasteiger charge is 2.08. The SMILES string of the molecule is CCOC(=O)c1ccc(-n2nc(C)cc2N)cc1. The normalized spacial score (nSPS) is 10.3. The lowest BCUT2D eigenvalue weighted by Gasteiger charge is -2.05. The average Bonchev–Trinajstić information content (AvgIpc) is 2.69. The molecule has 0 spiro atoms. The van der Waals surface area contributed by atoms with E-state index in [2.05, 4.69) is 5.10 Å². The predicted octanol–water partition coefficient (Wildman–Crippen LogP) is 1.94. The Hall–Kier alpha value is -2.30. The van der Waals surface area contributed by atoms with Crippen LogP contribution in [0.4, 0.5) is 5.82 Å². The van der Waals surface area contributed by atoms with Gasteiger partial charge in [0.25, 0.3) is 0 Å². The lowest BCUT2D eigenvalue weighted by atomic mass is 10.2. The quantitative estimate of drug-likeness (QED) is 0.839. The first-order valence-electron chi connectivity index (χ1n) is 5.71. The maximum atomic E-state index is 11.5. The number of rotatable bonds is 3. The van der Waals surface area contributed by atoms with Gasteiger partial charge in [-0.25, -0.2) is 9.48 Å². The summed E-state index contributed by atoms with van der Waals surface area (Å²) in [6.07, 6.45) is 0. The molecule has 1 heterocycles. The largest absolute Gasteiger partial charge is 0.462 e. The molecular weight excluding hydrogens is 230 g/mol. The van der Waals surface area contributed by atoms with Crippen LogP contribution in [0.5, 0.6) is 0 Å². The maximum Gasteiger partial charge on any atom is 0.338 e. The average molecular weight is 245 g/mol. The van der Waals surface area contributed by atoms with Crippen molar-refractivity contribution in [3.63, 3.8) is 0 Å². The summed E-state index contributed by atoms with van der Waals surface area (Å²) in [6, 6.07) is 8.76. The molecule has 0 saturated carbocycles. The van der Waals surface area contributed by atoms with E-state index in [1.807, 2.05) is 6.92 Å². The van der Waals surface area contributed by atoms with Crippen LogP contribution in [0.25, 0.3) is 5.69 Å². The number of benzene rings is 1. The summed E-state index contributed by atoms with van der Waals surface area (Å²) in [5.41, 5.74) is 8.01. The van der Waals surface area contributed by atoms with Gasteiger partial charge in [-0.2, -0.15) is 5.10 Å². The van der Waals surface area contributed by atoms with Gasteiger partial charge in [0.1, 0.15) is 5.82 Å². The van der Waals surface area contributed by atoms with Gasteiger partial charge >= 0.3 is 5.97 Å². The Morgan fingerprint density at radius 3 is 2.56 bits per heavy atom. The third-order valence-corrected chi connectivity index (χ3v) is 2.48. The summed E-state index contributed by atoms with van der Waals surface area (Å²) in [5, 5.41) is 4.27. The zero-order valence-electron chi connectivity index (χ0n) is 10.4. The molecule has 0 aliphatic carbocycles. The van der Waals surface area contributed by atoms with E-state index in [-0.39, 0.29) is 5.97 Å². The van der Waals surface area contributed by atoms with E-state index in [0.29, 0.717) is 18.0 Å². The van der Waals surface area contributed by atoms with Gasteiger partial charge in [0.2, 0.25) is 0 Å². The van der Waals surface area contributed by atoms with Gasteiger partial charge in [-0.05, 0) is 38.1 Å². The second-order valence-electron chi connectivity index (χ2n) is 3.89. The van der Waals surface area contributed by atoms with Crippen LogP contribution < -0.4 is 5.73 Å². The molecule has 0 bridgehead atoms. The van der Waals surface area contributed by atoms with E-state index in [1.165, 1.54) is 0 Å². The number of hydrogen-bond donors (Lipinski definition) is 1. The Morgan fingerprint density at radius 1 is 1.39 bits per heavy atom. The minimum absolute atomic E-state index is 0.325. The number of esters is 1. The summed E-state index contributed by atoms with van der Waals surface area (Å²) in [5.74, 6) is 0.241. The van der Waals surface area contributed by atoms with Crippen molar-refractivity contribution < 1.29 is 9.53 Å². The minimum atomic E-state index is -0.325. The number of carbonyl (C=O) groups excluding carboxylic acids is 1. The number of aromatic nitrogens is 2. The standard InChI is InChI=1S/C13H15N3O2/c1-3-18-13(17)10-4-6-11(7-5-10)16-12(14)8-9(2)15-16/h4-8H,3,14H2,1-2H3. The zero-order chi connectivity index (χ0) is 13.1. The molecule has 0 radical (unpaired) electrons. The third kappa shape index (κ3) is 2.34. The Morgan fingerprint density at radius 2 is 2.06 bits per heavy atom. The summed E-state index contributed by atoms with van der Waals surface area (Å²) in [4.78, 5) is 11.5. The number of hydrogen-bond acceptors (Lipinski definition) is 4. The highest BCUT2D eigenvalue weighted by molar-refractivity contribution is 5.89. The lowest BCUT2D eigenvalue weighted by molar-refractivity contribution is 0.0526. The highest BCUT2D eigenvalue weighted by Crippen LogP contribution is 2.15. The summed E-state index contributed by atoms with van der Waals surface area (Å²) in [7, 11) is 0. The van der Waals surface area contributed by atoms with Crippen molar-refractivity contribution in [1.29, 1.82) is 0 Å². The number of ether oxygens (including phenoxy) is 1. The van der Waals surface area contributed by atoms with E-state index >= 15 is 0 Å². The van der Waals surface area contributed by atoms with Crippen molar-refractivity contribution >= 4 is 11.8 Å². The van der Waals surface area contributed by atoms with Crippen molar-refractivity contribution in [2.75, 3.05) is 12.3 Å². The number of anilines is 1. The van der Waals surface area contributed by atoms with Crippen molar-refractivity contribution in [1.82, 2.24) is 9.78 Å².